The van der Waals surface area contributed by atoms with E-state index in [1.807, 2.05) is 11.8 Å². The number of benzene rings is 1. The second-order valence-corrected chi connectivity index (χ2v) is 7.34. The zero-order valence-corrected chi connectivity index (χ0v) is 13.9. The molecule has 0 saturated carbocycles. The predicted molar refractivity (Wildman–Crippen MR) is 87.5 cm³/mol. The lowest BCUT2D eigenvalue weighted by molar-refractivity contribution is 0.0505. The van der Waals surface area contributed by atoms with Gasteiger partial charge in [-0.1, -0.05) is 13.3 Å². The average Bonchev–Trinajstić information content (AvgIpc) is 2.77. The van der Waals surface area contributed by atoms with Crippen molar-refractivity contribution in [1.29, 1.82) is 0 Å². The van der Waals surface area contributed by atoms with Gasteiger partial charge < -0.3 is 9.64 Å². The molecule has 6 nitrogen and oxygen atoms in total. The summed E-state index contributed by atoms with van der Waals surface area (Å²) in [5.74, 6) is 0.104. The summed E-state index contributed by atoms with van der Waals surface area (Å²) in [6.45, 7) is 2.97. The van der Waals surface area contributed by atoms with Crippen LogP contribution in [-0.4, -0.2) is 33.4 Å². The Morgan fingerprint density at radius 3 is 2.91 bits per heavy atom. The lowest BCUT2D eigenvalue weighted by Gasteiger charge is -2.29. The van der Waals surface area contributed by atoms with Crippen molar-refractivity contribution in [2.75, 3.05) is 18.1 Å². The summed E-state index contributed by atoms with van der Waals surface area (Å²) in [5, 5.41) is 0. The van der Waals surface area contributed by atoms with E-state index in [1.54, 1.807) is 12.1 Å². The monoisotopic (exact) mass is 336 g/mol. The van der Waals surface area contributed by atoms with Crippen LogP contribution in [0.25, 0.3) is 0 Å². The molecule has 1 saturated heterocycles. The van der Waals surface area contributed by atoms with Crippen molar-refractivity contribution in [2.45, 2.75) is 43.9 Å². The molecule has 0 amide bonds. The fourth-order valence-electron chi connectivity index (χ4n) is 2.88. The van der Waals surface area contributed by atoms with Gasteiger partial charge >= 0.3 is 5.97 Å². The molecule has 0 radical (unpaired) electrons. The van der Waals surface area contributed by atoms with Crippen molar-refractivity contribution in [3.63, 3.8) is 0 Å². The third kappa shape index (κ3) is 3.10. The molecule has 2 aliphatic rings. The fraction of sp³-hybridized carbons (Fsp3) is 0.500. The Labute approximate surface area is 136 Å². The number of hydrogen-bond acceptors (Lipinski definition) is 5. The van der Waals surface area contributed by atoms with E-state index < -0.39 is 16.0 Å². The first-order chi connectivity index (χ1) is 11.0. The molecule has 2 aliphatic heterocycles. The first-order valence-electron chi connectivity index (χ1n) is 7.95. The third-order valence-electron chi connectivity index (χ3n) is 4.02. The van der Waals surface area contributed by atoms with Crippen LogP contribution >= 0.6 is 0 Å². The maximum Gasteiger partial charge on any atom is 0.338 e. The number of hydrogen-bond donors (Lipinski definition) is 0. The minimum Gasteiger partial charge on any atom is -0.462 e. The molecule has 1 aromatic rings. The van der Waals surface area contributed by atoms with Gasteiger partial charge in [0.2, 0.25) is 0 Å². The van der Waals surface area contributed by atoms with Gasteiger partial charge in [-0.05, 0) is 37.5 Å². The van der Waals surface area contributed by atoms with Gasteiger partial charge in [0.15, 0.2) is 0 Å². The predicted octanol–water partition coefficient (Wildman–Crippen LogP) is 2.73. The van der Waals surface area contributed by atoms with E-state index >= 15 is 0 Å². The third-order valence-corrected chi connectivity index (χ3v) is 5.35. The van der Waals surface area contributed by atoms with Gasteiger partial charge in [-0.2, -0.15) is 8.42 Å². The average molecular weight is 336 g/mol. The molecule has 1 aromatic carbocycles. The summed E-state index contributed by atoms with van der Waals surface area (Å²) >= 11 is 0. The minimum atomic E-state index is -3.77. The van der Waals surface area contributed by atoms with Crippen LogP contribution in [0.4, 0.5) is 5.69 Å². The number of rotatable bonds is 3. The molecule has 0 unspecified atom stereocenters. The molecule has 0 N–H and O–H groups in total. The van der Waals surface area contributed by atoms with Gasteiger partial charge in [0.25, 0.3) is 10.0 Å². The van der Waals surface area contributed by atoms with Crippen LogP contribution < -0.4 is 4.90 Å². The Kier molecular flexibility index (Phi) is 4.39. The van der Waals surface area contributed by atoms with Gasteiger partial charge in [-0.15, -0.1) is 4.40 Å². The molecule has 2 heterocycles. The highest BCUT2D eigenvalue weighted by Crippen LogP contribution is 2.35. The lowest BCUT2D eigenvalue weighted by atomic mass is 10.2. The molecule has 0 spiro atoms. The van der Waals surface area contributed by atoms with E-state index in [0.29, 0.717) is 24.6 Å². The number of fused-ring (bicyclic) bond motifs is 3. The molecule has 0 bridgehead atoms. The summed E-state index contributed by atoms with van der Waals surface area (Å²) in [4.78, 5) is 14.0. The number of carbonyl (C=O) groups is 1. The smallest absolute Gasteiger partial charge is 0.338 e. The Bertz CT molecular complexity index is 755. The van der Waals surface area contributed by atoms with Crippen LogP contribution in [0.2, 0.25) is 0 Å². The Hall–Kier alpha value is -1.89. The van der Waals surface area contributed by atoms with Gasteiger partial charge in [-0.3, -0.25) is 0 Å². The molecule has 1 fully saturated rings. The topological polar surface area (TPSA) is 76.0 Å². The molecule has 124 valence electrons. The van der Waals surface area contributed by atoms with E-state index in [0.717, 1.165) is 32.2 Å². The molecule has 0 aromatic heterocycles. The van der Waals surface area contributed by atoms with Crippen LogP contribution in [0, 0.1) is 0 Å². The standard InChI is InChI=1S/C16H20N2O4S/c1-2-10-22-16(19)12-7-8-13-14(11-12)23(20,21)17-15-6-4-3-5-9-18(13)15/h7-8,11H,2-6,9-10H2,1H3. The maximum atomic E-state index is 12.5. The van der Waals surface area contributed by atoms with Crippen molar-refractivity contribution < 1.29 is 17.9 Å². The number of anilines is 1. The summed E-state index contributed by atoms with van der Waals surface area (Å²) in [5.41, 5.74) is 0.859. The highest BCUT2D eigenvalue weighted by Gasteiger charge is 2.32. The first kappa shape index (κ1) is 16.0. The maximum absolute atomic E-state index is 12.5. The van der Waals surface area contributed by atoms with E-state index in [2.05, 4.69) is 4.40 Å². The van der Waals surface area contributed by atoms with Gasteiger partial charge in [0, 0.05) is 13.0 Å². The van der Waals surface area contributed by atoms with E-state index in [1.165, 1.54) is 6.07 Å². The van der Waals surface area contributed by atoms with Crippen LogP contribution in [0.3, 0.4) is 0 Å². The van der Waals surface area contributed by atoms with Crippen LogP contribution in [0.1, 0.15) is 49.4 Å². The summed E-state index contributed by atoms with van der Waals surface area (Å²) in [6.07, 6.45) is 4.39. The lowest BCUT2D eigenvalue weighted by Crippen LogP contribution is -2.35. The van der Waals surface area contributed by atoms with Gasteiger partial charge in [-0.25, -0.2) is 4.79 Å². The SMILES string of the molecule is CCCOC(=O)c1ccc2c(c1)S(=O)(=O)N=C1CCCCCN12. The summed E-state index contributed by atoms with van der Waals surface area (Å²) in [7, 11) is -3.77. The Morgan fingerprint density at radius 1 is 1.30 bits per heavy atom. The molecule has 0 aliphatic carbocycles. The van der Waals surface area contributed by atoms with Crippen LogP contribution in [0.5, 0.6) is 0 Å². The molecule has 7 heteroatoms. The quantitative estimate of drug-likeness (QED) is 0.793. The highest BCUT2D eigenvalue weighted by molar-refractivity contribution is 7.90. The molecule has 0 atom stereocenters. The summed E-state index contributed by atoms with van der Waals surface area (Å²) < 4.78 is 34.0. The minimum absolute atomic E-state index is 0.0918. The number of ether oxygens (including phenoxy) is 1. The highest BCUT2D eigenvalue weighted by atomic mass is 32.2. The van der Waals surface area contributed by atoms with Crippen LogP contribution in [0.15, 0.2) is 27.5 Å². The fourth-order valence-corrected chi connectivity index (χ4v) is 4.17. The van der Waals surface area contributed by atoms with E-state index in [-0.39, 0.29) is 10.5 Å². The molecular formula is C16H20N2O4S. The molecule has 23 heavy (non-hydrogen) atoms. The van der Waals surface area contributed by atoms with Crippen molar-refractivity contribution in [1.82, 2.24) is 0 Å². The second kappa shape index (κ2) is 6.31. The van der Waals surface area contributed by atoms with E-state index in [4.69, 9.17) is 4.74 Å². The van der Waals surface area contributed by atoms with Gasteiger partial charge in [0.05, 0.1) is 17.9 Å². The van der Waals surface area contributed by atoms with Crippen LogP contribution in [-0.2, 0) is 14.8 Å². The number of carbonyl (C=O) groups excluding carboxylic acids is 1. The largest absolute Gasteiger partial charge is 0.462 e. The van der Waals surface area contributed by atoms with Gasteiger partial charge in [0.1, 0.15) is 10.7 Å². The number of sulfonamides is 1. The number of esters is 1. The Balaban J connectivity index is 2.02. The second-order valence-electron chi connectivity index (χ2n) is 5.76. The number of amidine groups is 1. The summed E-state index contributed by atoms with van der Waals surface area (Å²) in [6, 6.07) is 4.70. The van der Waals surface area contributed by atoms with Crippen molar-refractivity contribution in [2.24, 2.45) is 4.40 Å². The normalized spacial score (nSPS) is 19.2. The van der Waals surface area contributed by atoms with Crippen molar-refractivity contribution in [3.05, 3.63) is 23.8 Å². The van der Waals surface area contributed by atoms with Crippen molar-refractivity contribution >= 4 is 27.5 Å². The van der Waals surface area contributed by atoms with Crippen molar-refractivity contribution in [3.8, 4) is 0 Å². The molecular weight excluding hydrogens is 316 g/mol. The first-order valence-corrected chi connectivity index (χ1v) is 9.39. The van der Waals surface area contributed by atoms with E-state index in [9.17, 15) is 13.2 Å². The number of nitrogens with zero attached hydrogens (tertiary/aromatic N) is 2. The molecule has 3 rings (SSSR count). The Morgan fingerprint density at radius 2 is 2.13 bits per heavy atom. The zero-order chi connectivity index (χ0) is 16.4. The zero-order valence-electron chi connectivity index (χ0n) is 13.1.